The van der Waals surface area contributed by atoms with E-state index in [1.807, 2.05) is 0 Å². The Labute approximate surface area is 102 Å². The van der Waals surface area contributed by atoms with Gasteiger partial charge in [0, 0.05) is 24.5 Å². The summed E-state index contributed by atoms with van der Waals surface area (Å²) in [4.78, 5) is 12.0. The summed E-state index contributed by atoms with van der Waals surface area (Å²) in [6.45, 7) is 0. The number of ether oxygens (including phenoxy) is 1. The summed E-state index contributed by atoms with van der Waals surface area (Å²) in [6.07, 6.45) is 3.33. The Morgan fingerprint density at radius 2 is 2.22 bits per heavy atom. The Hall–Kier alpha value is -2.56. The molecule has 0 aliphatic carbocycles. The molecule has 90 valence electrons. The van der Waals surface area contributed by atoms with E-state index < -0.39 is 0 Å². The van der Waals surface area contributed by atoms with E-state index in [1.54, 1.807) is 43.8 Å². The lowest BCUT2D eigenvalue weighted by molar-refractivity contribution is 0.414. The van der Waals surface area contributed by atoms with Crippen molar-refractivity contribution in [3.8, 4) is 11.6 Å². The molecule has 5 heteroatoms. The summed E-state index contributed by atoms with van der Waals surface area (Å²) < 4.78 is 12.3. The first kappa shape index (κ1) is 10.6. The van der Waals surface area contributed by atoms with Crippen molar-refractivity contribution in [2.45, 2.75) is 0 Å². The van der Waals surface area contributed by atoms with Gasteiger partial charge in [0.1, 0.15) is 11.3 Å². The van der Waals surface area contributed by atoms with Gasteiger partial charge < -0.3 is 9.15 Å². The lowest BCUT2D eigenvalue weighted by atomic mass is 10.2. The molecule has 1 aromatic carbocycles. The fourth-order valence-corrected chi connectivity index (χ4v) is 1.76. The average Bonchev–Trinajstić information content (AvgIpc) is 2.91. The molecule has 0 bridgehead atoms. The van der Waals surface area contributed by atoms with Crippen molar-refractivity contribution in [2.75, 3.05) is 7.11 Å². The van der Waals surface area contributed by atoms with Crippen molar-refractivity contribution < 1.29 is 9.15 Å². The topological polar surface area (TPSA) is 57.3 Å². The van der Waals surface area contributed by atoms with E-state index in [0.717, 1.165) is 0 Å². The smallest absolute Gasteiger partial charge is 0.224 e. The van der Waals surface area contributed by atoms with Crippen LogP contribution in [0.15, 0.2) is 51.9 Å². The molecule has 0 unspecified atom stereocenters. The van der Waals surface area contributed by atoms with Crippen LogP contribution in [0.4, 0.5) is 0 Å². The van der Waals surface area contributed by atoms with Gasteiger partial charge in [0.15, 0.2) is 5.43 Å². The van der Waals surface area contributed by atoms with E-state index in [-0.39, 0.29) is 5.43 Å². The number of methoxy groups -OCH3 is 1. The number of aromatic nitrogens is 2. The summed E-state index contributed by atoms with van der Waals surface area (Å²) in [5, 5.41) is 4.55. The molecule has 18 heavy (non-hydrogen) atoms. The van der Waals surface area contributed by atoms with Crippen LogP contribution in [0.3, 0.4) is 0 Å². The summed E-state index contributed by atoms with van der Waals surface area (Å²) >= 11 is 0. The van der Waals surface area contributed by atoms with Crippen molar-refractivity contribution in [1.29, 1.82) is 0 Å². The molecule has 2 aromatic heterocycles. The van der Waals surface area contributed by atoms with E-state index >= 15 is 0 Å². The van der Waals surface area contributed by atoms with Crippen molar-refractivity contribution in [2.24, 2.45) is 0 Å². The molecule has 0 aliphatic heterocycles. The van der Waals surface area contributed by atoms with Crippen molar-refractivity contribution in [3.05, 3.63) is 52.9 Å². The molecular formula is C13H10N2O3. The minimum atomic E-state index is -0.107. The number of benzene rings is 1. The van der Waals surface area contributed by atoms with E-state index in [2.05, 4.69) is 5.10 Å². The summed E-state index contributed by atoms with van der Waals surface area (Å²) in [7, 11) is 1.57. The van der Waals surface area contributed by atoms with Gasteiger partial charge >= 0.3 is 0 Å². The van der Waals surface area contributed by atoms with Gasteiger partial charge in [0.05, 0.1) is 12.5 Å². The van der Waals surface area contributed by atoms with Crippen LogP contribution < -0.4 is 10.2 Å². The monoisotopic (exact) mass is 242 g/mol. The molecule has 0 aliphatic rings. The predicted molar refractivity (Wildman–Crippen MR) is 66.2 cm³/mol. The Kier molecular flexibility index (Phi) is 2.37. The molecule has 2 heterocycles. The molecule has 0 saturated heterocycles. The minimum Gasteiger partial charge on any atom is -0.497 e. The molecule has 3 rings (SSSR count). The maximum atomic E-state index is 12.0. The van der Waals surface area contributed by atoms with Crippen LogP contribution in [0.2, 0.25) is 0 Å². The zero-order chi connectivity index (χ0) is 12.5. The first-order valence-corrected chi connectivity index (χ1v) is 5.40. The zero-order valence-corrected chi connectivity index (χ0v) is 9.66. The second kappa shape index (κ2) is 4.03. The molecule has 0 spiro atoms. The van der Waals surface area contributed by atoms with Gasteiger partial charge in [-0.2, -0.15) is 5.10 Å². The van der Waals surface area contributed by atoms with Gasteiger partial charge in [-0.05, 0) is 18.2 Å². The largest absolute Gasteiger partial charge is 0.497 e. The third kappa shape index (κ3) is 1.66. The standard InChI is InChI=1S/C13H10N2O3/c1-17-9-3-4-10-11(16)8-13(18-12(10)7-9)15-6-2-5-14-15/h2-8H,1H3. The van der Waals surface area contributed by atoms with E-state index in [4.69, 9.17) is 9.15 Å². The van der Waals surface area contributed by atoms with Gasteiger partial charge in [0.25, 0.3) is 0 Å². The highest BCUT2D eigenvalue weighted by atomic mass is 16.5. The van der Waals surface area contributed by atoms with E-state index in [9.17, 15) is 4.79 Å². The summed E-state index contributed by atoms with van der Waals surface area (Å²) in [5.41, 5.74) is 0.372. The van der Waals surface area contributed by atoms with Crippen LogP contribution in [0.5, 0.6) is 5.75 Å². The number of rotatable bonds is 2. The van der Waals surface area contributed by atoms with Crippen LogP contribution in [0, 0.1) is 0 Å². The van der Waals surface area contributed by atoms with Gasteiger partial charge in [-0.25, -0.2) is 4.68 Å². The lowest BCUT2D eigenvalue weighted by Gasteiger charge is -2.04. The van der Waals surface area contributed by atoms with Crippen LogP contribution in [0.25, 0.3) is 16.9 Å². The van der Waals surface area contributed by atoms with Gasteiger partial charge in [0.2, 0.25) is 5.88 Å². The molecule has 3 aromatic rings. The van der Waals surface area contributed by atoms with Gasteiger partial charge in [-0.1, -0.05) is 0 Å². The Morgan fingerprint density at radius 1 is 1.33 bits per heavy atom. The molecule has 0 N–H and O–H groups in total. The normalized spacial score (nSPS) is 10.7. The fraction of sp³-hybridized carbons (Fsp3) is 0.0769. The van der Waals surface area contributed by atoms with E-state index in [1.165, 1.54) is 10.7 Å². The quantitative estimate of drug-likeness (QED) is 0.689. The predicted octanol–water partition coefficient (Wildman–Crippen LogP) is 1.99. The lowest BCUT2D eigenvalue weighted by Crippen LogP contribution is -2.04. The first-order valence-electron chi connectivity index (χ1n) is 5.40. The minimum absolute atomic E-state index is 0.107. The number of hydrogen-bond donors (Lipinski definition) is 0. The van der Waals surface area contributed by atoms with E-state index in [0.29, 0.717) is 22.6 Å². The van der Waals surface area contributed by atoms with Crippen molar-refractivity contribution >= 4 is 11.0 Å². The SMILES string of the molecule is COc1ccc2c(=O)cc(-n3cccn3)oc2c1. The number of hydrogen-bond acceptors (Lipinski definition) is 4. The highest BCUT2D eigenvalue weighted by Gasteiger charge is 2.07. The Morgan fingerprint density at radius 3 is 2.94 bits per heavy atom. The zero-order valence-electron chi connectivity index (χ0n) is 9.66. The third-order valence-electron chi connectivity index (χ3n) is 2.65. The van der Waals surface area contributed by atoms with Crippen LogP contribution in [-0.2, 0) is 0 Å². The molecular weight excluding hydrogens is 232 g/mol. The number of fused-ring (bicyclic) bond motifs is 1. The molecule has 0 saturated carbocycles. The highest BCUT2D eigenvalue weighted by Crippen LogP contribution is 2.20. The highest BCUT2D eigenvalue weighted by molar-refractivity contribution is 5.78. The second-order valence-corrected chi connectivity index (χ2v) is 3.76. The summed E-state index contributed by atoms with van der Waals surface area (Å²) in [5.74, 6) is 1.02. The Bertz CT molecular complexity index is 745. The van der Waals surface area contributed by atoms with Crippen LogP contribution in [-0.4, -0.2) is 16.9 Å². The maximum Gasteiger partial charge on any atom is 0.224 e. The van der Waals surface area contributed by atoms with Gasteiger partial charge in [-0.15, -0.1) is 0 Å². The molecule has 5 nitrogen and oxygen atoms in total. The first-order chi connectivity index (χ1) is 8.78. The summed E-state index contributed by atoms with van der Waals surface area (Å²) in [6, 6.07) is 8.28. The van der Waals surface area contributed by atoms with Crippen LogP contribution >= 0.6 is 0 Å². The van der Waals surface area contributed by atoms with Crippen LogP contribution in [0.1, 0.15) is 0 Å². The molecule has 0 amide bonds. The second-order valence-electron chi connectivity index (χ2n) is 3.76. The van der Waals surface area contributed by atoms with Gasteiger partial charge in [-0.3, -0.25) is 4.79 Å². The Balaban J connectivity index is 2.28. The van der Waals surface area contributed by atoms with Crippen molar-refractivity contribution in [1.82, 2.24) is 9.78 Å². The fourth-order valence-electron chi connectivity index (χ4n) is 1.76. The average molecular weight is 242 g/mol. The number of nitrogens with zero attached hydrogens (tertiary/aromatic N) is 2. The third-order valence-corrected chi connectivity index (χ3v) is 2.65. The van der Waals surface area contributed by atoms with Crippen molar-refractivity contribution in [3.63, 3.8) is 0 Å². The maximum absolute atomic E-state index is 12.0. The molecule has 0 fully saturated rings. The molecule has 0 radical (unpaired) electrons. The molecule has 0 atom stereocenters.